The molecule has 168 valence electrons. The van der Waals surface area contributed by atoms with Gasteiger partial charge in [-0.1, -0.05) is 6.92 Å². The molecule has 32 heavy (non-hydrogen) atoms. The van der Waals surface area contributed by atoms with Gasteiger partial charge in [0.2, 0.25) is 5.95 Å². The molecule has 0 unspecified atom stereocenters. The van der Waals surface area contributed by atoms with Gasteiger partial charge in [0.1, 0.15) is 11.3 Å². The van der Waals surface area contributed by atoms with Crippen molar-refractivity contribution in [1.29, 1.82) is 0 Å². The third-order valence-electron chi connectivity index (χ3n) is 6.20. The Bertz CT molecular complexity index is 1270. The first-order valence-corrected chi connectivity index (χ1v) is 10.8. The Morgan fingerprint density at radius 1 is 1.16 bits per heavy atom. The summed E-state index contributed by atoms with van der Waals surface area (Å²) in [7, 11) is 0. The van der Waals surface area contributed by atoms with Gasteiger partial charge >= 0.3 is 0 Å². The summed E-state index contributed by atoms with van der Waals surface area (Å²) in [4.78, 5) is 13.1. The fourth-order valence-corrected chi connectivity index (χ4v) is 4.45. The molecule has 0 spiro atoms. The van der Waals surface area contributed by atoms with E-state index in [0.717, 1.165) is 31.6 Å². The van der Waals surface area contributed by atoms with Crippen LogP contribution < -0.4 is 5.32 Å². The molecule has 1 saturated carbocycles. The molecule has 1 N–H and O–H groups in total. The molecular weight excluding hydrogens is 419 g/mol. The Balaban J connectivity index is 1.50. The number of rotatable bonds is 5. The van der Waals surface area contributed by atoms with Gasteiger partial charge in [0, 0.05) is 6.04 Å². The molecule has 5 rings (SSSR count). The van der Waals surface area contributed by atoms with Gasteiger partial charge in [0.25, 0.3) is 6.43 Å². The van der Waals surface area contributed by atoms with Crippen molar-refractivity contribution in [2.75, 3.05) is 5.32 Å². The highest BCUT2D eigenvalue weighted by Crippen LogP contribution is 2.30. The molecule has 10 heteroatoms. The van der Waals surface area contributed by atoms with E-state index in [1.54, 1.807) is 25.3 Å². The van der Waals surface area contributed by atoms with Gasteiger partial charge in [-0.05, 0) is 50.7 Å². The predicted octanol–water partition coefficient (Wildman–Crippen LogP) is 4.84. The van der Waals surface area contributed by atoms with Gasteiger partial charge in [-0.25, -0.2) is 32.6 Å². The molecule has 0 radical (unpaired) electrons. The van der Waals surface area contributed by atoms with Crippen LogP contribution in [0.25, 0.3) is 27.9 Å². The highest BCUT2D eigenvalue weighted by atomic mass is 19.3. The molecule has 0 amide bonds. The van der Waals surface area contributed by atoms with Crippen LogP contribution in [0.3, 0.4) is 0 Å². The highest BCUT2D eigenvalue weighted by molar-refractivity contribution is 5.83. The Hall–Kier alpha value is -3.17. The van der Waals surface area contributed by atoms with Crippen molar-refractivity contribution < 1.29 is 13.2 Å². The maximum atomic E-state index is 14.9. The molecule has 4 aromatic heterocycles. The van der Waals surface area contributed by atoms with E-state index >= 15 is 0 Å². The Kier molecular flexibility index (Phi) is 5.22. The second-order valence-electron chi connectivity index (χ2n) is 8.56. The SMILES string of the molecule is Cc1nc2ccc(-c3c(F)cn4nc(NC5CCC(C)CC5)ncc34)nc2n1CC(F)F. The van der Waals surface area contributed by atoms with Gasteiger partial charge < -0.3 is 9.88 Å². The summed E-state index contributed by atoms with van der Waals surface area (Å²) < 4.78 is 43.8. The summed E-state index contributed by atoms with van der Waals surface area (Å²) in [6.07, 6.45) is 4.75. The number of nitrogens with zero attached hydrogens (tertiary/aromatic N) is 6. The van der Waals surface area contributed by atoms with Gasteiger partial charge in [0.15, 0.2) is 11.5 Å². The molecule has 1 aliphatic carbocycles. The summed E-state index contributed by atoms with van der Waals surface area (Å²) in [6.45, 7) is 3.39. The molecule has 4 heterocycles. The van der Waals surface area contributed by atoms with Crippen molar-refractivity contribution in [3.05, 3.63) is 36.2 Å². The standard InChI is InChI=1S/C22H24F3N7/c1-12-3-5-14(6-4-12)28-22-26-9-18-20(15(23)10-32(18)30-22)16-7-8-17-21(29-16)31(11-19(24)25)13(2)27-17/h7-10,12,14,19H,3-6,11H2,1-2H3,(H,28,30). The minimum atomic E-state index is -2.55. The van der Waals surface area contributed by atoms with Crippen LogP contribution in [-0.4, -0.2) is 41.6 Å². The summed E-state index contributed by atoms with van der Waals surface area (Å²) in [5.74, 6) is 1.12. The molecule has 0 saturated heterocycles. The second-order valence-corrected chi connectivity index (χ2v) is 8.56. The number of nitrogens with one attached hydrogen (secondary N) is 1. The molecule has 1 aliphatic rings. The van der Waals surface area contributed by atoms with Crippen LogP contribution in [0.2, 0.25) is 0 Å². The molecular formula is C22H24F3N7. The Morgan fingerprint density at radius 3 is 2.69 bits per heavy atom. The Labute approximate surface area is 182 Å². The van der Waals surface area contributed by atoms with Crippen LogP contribution >= 0.6 is 0 Å². The minimum absolute atomic E-state index is 0.229. The number of hydrogen-bond acceptors (Lipinski definition) is 5. The number of fused-ring (bicyclic) bond motifs is 2. The predicted molar refractivity (Wildman–Crippen MR) is 115 cm³/mol. The lowest BCUT2D eigenvalue weighted by molar-refractivity contribution is 0.127. The van der Waals surface area contributed by atoms with Crippen LogP contribution in [0.4, 0.5) is 19.1 Å². The zero-order chi connectivity index (χ0) is 22.4. The summed E-state index contributed by atoms with van der Waals surface area (Å²) in [5.41, 5.74) is 1.78. The average molecular weight is 443 g/mol. The number of anilines is 1. The molecule has 0 atom stereocenters. The average Bonchev–Trinajstić information content (AvgIpc) is 3.24. The topological polar surface area (TPSA) is 72.9 Å². The van der Waals surface area contributed by atoms with E-state index in [1.165, 1.54) is 15.3 Å². The van der Waals surface area contributed by atoms with Crippen LogP contribution in [0, 0.1) is 18.7 Å². The van der Waals surface area contributed by atoms with Crippen molar-refractivity contribution >= 4 is 22.6 Å². The van der Waals surface area contributed by atoms with E-state index in [4.69, 9.17) is 0 Å². The van der Waals surface area contributed by atoms with Crippen LogP contribution in [-0.2, 0) is 6.54 Å². The maximum absolute atomic E-state index is 14.9. The van der Waals surface area contributed by atoms with E-state index < -0.39 is 18.8 Å². The van der Waals surface area contributed by atoms with Gasteiger partial charge in [-0.3, -0.25) is 0 Å². The van der Waals surface area contributed by atoms with Crippen LogP contribution in [0.1, 0.15) is 38.4 Å². The van der Waals surface area contributed by atoms with Crippen molar-refractivity contribution in [2.45, 2.75) is 58.5 Å². The largest absolute Gasteiger partial charge is 0.350 e. The second kappa shape index (κ2) is 8.07. The molecule has 4 aromatic rings. The molecule has 0 bridgehead atoms. The number of pyridine rings is 1. The van der Waals surface area contributed by atoms with Gasteiger partial charge in [-0.2, -0.15) is 0 Å². The highest BCUT2D eigenvalue weighted by Gasteiger charge is 2.21. The minimum Gasteiger partial charge on any atom is -0.350 e. The van der Waals surface area contributed by atoms with Crippen molar-refractivity contribution in [1.82, 2.24) is 29.1 Å². The molecule has 0 aromatic carbocycles. The summed E-state index contributed by atoms with van der Waals surface area (Å²) in [6, 6.07) is 3.61. The van der Waals surface area contributed by atoms with Crippen LogP contribution in [0.15, 0.2) is 24.5 Å². The third kappa shape index (κ3) is 3.78. The number of halogens is 3. The zero-order valence-corrected chi connectivity index (χ0v) is 17.9. The normalized spacial score (nSPS) is 19.3. The van der Waals surface area contributed by atoms with E-state index in [-0.39, 0.29) is 5.56 Å². The number of aromatic nitrogens is 6. The van der Waals surface area contributed by atoms with E-state index in [2.05, 4.69) is 32.3 Å². The van der Waals surface area contributed by atoms with Crippen LogP contribution in [0.5, 0.6) is 0 Å². The lowest BCUT2D eigenvalue weighted by Crippen LogP contribution is -2.26. The lowest BCUT2D eigenvalue weighted by Gasteiger charge is -2.26. The number of alkyl halides is 2. The van der Waals surface area contributed by atoms with Gasteiger partial charge in [0.05, 0.1) is 35.7 Å². The zero-order valence-electron chi connectivity index (χ0n) is 17.9. The first-order chi connectivity index (χ1) is 15.4. The summed E-state index contributed by atoms with van der Waals surface area (Å²) in [5, 5.41) is 7.78. The van der Waals surface area contributed by atoms with E-state index in [0.29, 0.717) is 40.2 Å². The maximum Gasteiger partial charge on any atom is 0.256 e. The number of hydrogen-bond donors (Lipinski definition) is 1. The first kappa shape index (κ1) is 20.7. The first-order valence-electron chi connectivity index (χ1n) is 10.8. The van der Waals surface area contributed by atoms with E-state index in [1.807, 2.05) is 0 Å². The fourth-order valence-electron chi connectivity index (χ4n) is 4.45. The number of aryl methyl sites for hydroxylation is 1. The fraction of sp³-hybridized carbons (Fsp3) is 0.455. The lowest BCUT2D eigenvalue weighted by atomic mass is 9.87. The third-order valence-corrected chi connectivity index (χ3v) is 6.20. The quantitative estimate of drug-likeness (QED) is 0.478. The molecule has 1 fully saturated rings. The number of imidazole rings is 1. The molecule has 7 nitrogen and oxygen atoms in total. The Morgan fingerprint density at radius 2 is 1.94 bits per heavy atom. The smallest absolute Gasteiger partial charge is 0.256 e. The van der Waals surface area contributed by atoms with Crippen molar-refractivity contribution in [3.8, 4) is 11.3 Å². The van der Waals surface area contributed by atoms with Crippen molar-refractivity contribution in [2.24, 2.45) is 5.92 Å². The van der Waals surface area contributed by atoms with Crippen molar-refractivity contribution in [3.63, 3.8) is 0 Å². The van der Waals surface area contributed by atoms with Gasteiger partial charge in [-0.15, -0.1) is 5.10 Å². The monoisotopic (exact) mass is 443 g/mol. The molecule has 0 aliphatic heterocycles. The van der Waals surface area contributed by atoms with E-state index in [9.17, 15) is 13.2 Å². The summed E-state index contributed by atoms with van der Waals surface area (Å²) >= 11 is 0.